The molecule has 0 aliphatic heterocycles. The van der Waals surface area contributed by atoms with Gasteiger partial charge in [-0.3, -0.25) is 0 Å². The van der Waals surface area contributed by atoms with E-state index in [1.807, 2.05) is 40.0 Å². The fraction of sp³-hybridized carbons (Fsp3) is 0.714. The van der Waals surface area contributed by atoms with E-state index in [1.54, 1.807) is 6.07 Å². The minimum absolute atomic E-state index is 0.0224. The first-order valence-electron chi connectivity index (χ1n) is 7.10. The Bertz CT molecular complexity index is 507. The summed E-state index contributed by atoms with van der Waals surface area (Å²) in [6.07, 6.45) is 0.792. The molecule has 0 spiro atoms. The summed E-state index contributed by atoms with van der Waals surface area (Å²) in [6, 6.07) is 2.00. The zero-order chi connectivity index (χ0) is 15.3. The highest BCUT2D eigenvalue weighted by Gasteiger charge is 2.24. The Morgan fingerprint density at radius 1 is 1.25 bits per heavy atom. The van der Waals surface area contributed by atoms with Crippen LogP contribution < -0.4 is 10.0 Å². The third-order valence-electron chi connectivity index (χ3n) is 3.22. The van der Waals surface area contributed by atoms with Crippen LogP contribution in [0.5, 0.6) is 0 Å². The third kappa shape index (κ3) is 4.84. The Kier molecular flexibility index (Phi) is 6.64. The Hall–Kier alpha value is -0.430. The van der Waals surface area contributed by atoms with Gasteiger partial charge in [-0.25, -0.2) is 13.1 Å². The molecule has 0 saturated heterocycles. The van der Waals surface area contributed by atoms with E-state index in [0.717, 1.165) is 11.3 Å². The fourth-order valence-electron chi connectivity index (χ4n) is 1.95. The van der Waals surface area contributed by atoms with Gasteiger partial charge in [0.15, 0.2) is 0 Å². The molecule has 1 atom stereocenters. The number of rotatable bonds is 8. The van der Waals surface area contributed by atoms with Crippen LogP contribution in [0.15, 0.2) is 16.3 Å². The molecule has 0 aliphatic carbocycles. The molecule has 1 aromatic heterocycles. The topological polar surface area (TPSA) is 58.2 Å². The van der Waals surface area contributed by atoms with Crippen LogP contribution >= 0.6 is 11.3 Å². The molecule has 4 nitrogen and oxygen atoms in total. The van der Waals surface area contributed by atoms with Crippen LogP contribution in [0.2, 0.25) is 0 Å². The van der Waals surface area contributed by atoms with E-state index in [4.69, 9.17) is 0 Å². The molecule has 0 aromatic carbocycles. The highest BCUT2D eigenvalue weighted by atomic mass is 32.2. The first kappa shape index (κ1) is 17.6. The van der Waals surface area contributed by atoms with Crippen molar-refractivity contribution in [1.29, 1.82) is 0 Å². The molecule has 0 fully saturated rings. The maximum Gasteiger partial charge on any atom is 0.241 e. The number of nitrogens with one attached hydrogen (secondary N) is 2. The lowest BCUT2D eigenvalue weighted by Gasteiger charge is -2.20. The summed E-state index contributed by atoms with van der Waals surface area (Å²) in [5, 5.41) is 5.10. The Labute approximate surface area is 127 Å². The van der Waals surface area contributed by atoms with Crippen molar-refractivity contribution in [3.05, 3.63) is 16.3 Å². The summed E-state index contributed by atoms with van der Waals surface area (Å²) in [5.41, 5.74) is 0. The van der Waals surface area contributed by atoms with Crippen LogP contribution in [0.3, 0.4) is 0 Å². The zero-order valence-electron chi connectivity index (χ0n) is 12.9. The van der Waals surface area contributed by atoms with Crippen molar-refractivity contribution in [1.82, 2.24) is 10.0 Å². The SMILES string of the molecule is CCC(NS(=O)(=O)c1ccsc1CNC(C)C)C(C)C. The first-order valence-corrected chi connectivity index (χ1v) is 9.46. The highest BCUT2D eigenvalue weighted by molar-refractivity contribution is 7.89. The van der Waals surface area contributed by atoms with Gasteiger partial charge in [0.05, 0.1) is 4.90 Å². The van der Waals surface area contributed by atoms with Crippen molar-refractivity contribution in [2.24, 2.45) is 5.92 Å². The van der Waals surface area contributed by atoms with Crippen molar-refractivity contribution in [3.8, 4) is 0 Å². The lowest BCUT2D eigenvalue weighted by Crippen LogP contribution is -2.38. The van der Waals surface area contributed by atoms with Crippen LogP contribution in [-0.4, -0.2) is 20.5 Å². The van der Waals surface area contributed by atoms with Crippen LogP contribution in [-0.2, 0) is 16.6 Å². The quantitative estimate of drug-likeness (QED) is 0.775. The molecule has 6 heteroatoms. The molecule has 1 aromatic rings. The summed E-state index contributed by atoms with van der Waals surface area (Å²) in [5.74, 6) is 0.283. The van der Waals surface area contributed by atoms with Gasteiger partial charge in [0.25, 0.3) is 0 Å². The van der Waals surface area contributed by atoms with Crippen molar-refractivity contribution in [3.63, 3.8) is 0 Å². The Balaban J connectivity index is 2.90. The molecule has 0 bridgehead atoms. The second kappa shape index (κ2) is 7.54. The summed E-state index contributed by atoms with van der Waals surface area (Å²) < 4.78 is 27.8. The van der Waals surface area contributed by atoms with E-state index < -0.39 is 10.0 Å². The summed E-state index contributed by atoms with van der Waals surface area (Å²) in [4.78, 5) is 1.28. The summed E-state index contributed by atoms with van der Waals surface area (Å²) in [7, 11) is -3.43. The molecule has 20 heavy (non-hydrogen) atoms. The van der Waals surface area contributed by atoms with E-state index >= 15 is 0 Å². The fourth-order valence-corrected chi connectivity index (χ4v) is 4.81. The minimum atomic E-state index is -3.43. The van der Waals surface area contributed by atoms with Gasteiger partial charge in [0, 0.05) is 23.5 Å². The largest absolute Gasteiger partial charge is 0.310 e. The smallest absolute Gasteiger partial charge is 0.241 e. The maximum absolute atomic E-state index is 12.5. The van der Waals surface area contributed by atoms with Gasteiger partial charge in [-0.05, 0) is 23.8 Å². The number of sulfonamides is 1. The Morgan fingerprint density at radius 3 is 2.40 bits per heavy atom. The molecule has 1 unspecified atom stereocenters. The zero-order valence-corrected chi connectivity index (χ0v) is 14.6. The number of hydrogen-bond acceptors (Lipinski definition) is 4. The maximum atomic E-state index is 12.5. The van der Waals surface area contributed by atoms with Gasteiger partial charge >= 0.3 is 0 Å². The normalized spacial score (nSPS) is 14.2. The van der Waals surface area contributed by atoms with Gasteiger partial charge < -0.3 is 5.32 Å². The van der Waals surface area contributed by atoms with Gasteiger partial charge in [-0.15, -0.1) is 11.3 Å². The lowest BCUT2D eigenvalue weighted by molar-refractivity contribution is 0.437. The summed E-state index contributed by atoms with van der Waals surface area (Å²) in [6.45, 7) is 10.8. The van der Waals surface area contributed by atoms with E-state index in [2.05, 4.69) is 10.0 Å². The van der Waals surface area contributed by atoms with E-state index in [-0.39, 0.29) is 12.0 Å². The molecule has 0 aliphatic rings. The van der Waals surface area contributed by atoms with Gasteiger partial charge in [0.2, 0.25) is 10.0 Å². The van der Waals surface area contributed by atoms with Gasteiger partial charge in [0.1, 0.15) is 0 Å². The van der Waals surface area contributed by atoms with E-state index in [9.17, 15) is 8.42 Å². The highest BCUT2D eigenvalue weighted by Crippen LogP contribution is 2.23. The average molecular weight is 319 g/mol. The minimum Gasteiger partial charge on any atom is -0.310 e. The second-order valence-electron chi connectivity index (χ2n) is 5.62. The van der Waals surface area contributed by atoms with Crippen molar-refractivity contribution >= 4 is 21.4 Å². The first-order chi connectivity index (χ1) is 9.27. The standard InChI is InChI=1S/C14H26N2O2S2/c1-6-12(10(2)3)16-20(17,18)14-7-8-19-13(14)9-15-11(4)5/h7-8,10-12,15-16H,6,9H2,1-5H3. The molecule has 0 amide bonds. The van der Waals surface area contributed by atoms with Crippen LogP contribution in [0, 0.1) is 5.92 Å². The monoisotopic (exact) mass is 318 g/mol. The predicted molar refractivity (Wildman–Crippen MR) is 85.5 cm³/mol. The lowest BCUT2D eigenvalue weighted by atomic mass is 10.0. The number of thiophene rings is 1. The van der Waals surface area contributed by atoms with Crippen molar-refractivity contribution < 1.29 is 8.42 Å². The van der Waals surface area contributed by atoms with Crippen LogP contribution in [0.1, 0.15) is 45.9 Å². The molecule has 1 rings (SSSR count). The molecular formula is C14H26N2O2S2. The molecular weight excluding hydrogens is 292 g/mol. The molecule has 0 saturated carbocycles. The molecule has 0 radical (unpaired) electrons. The second-order valence-corrected chi connectivity index (χ2v) is 8.31. The van der Waals surface area contributed by atoms with Crippen LogP contribution in [0.25, 0.3) is 0 Å². The third-order valence-corrected chi connectivity index (χ3v) is 5.84. The predicted octanol–water partition coefficient (Wildman–Crippen LogP) is 2.96. The molecule has 1 heterocycles. The van der Waals surface area contributed by atoms with Gasteiger partial charge in [-0.1, -0.05) is 34.6 Å². The van der Waals surface area contributed by atoms with E-state index in [0.29, 0.717) is 17.5 Å². The molecule has 116 valence electrons. The average Bonchev–Trinajstić information content (AvgIpc) is 2.82. The van der Waals surface area contributed by atoms with Crippen molar-refractivity contribution in [2.75, 3.05) is 0 Å². The van der Waals surface area contributed by atoms with Gasteiger partial charge in [-0.2, -0.15) is 0 Å². The number of hydrogen-bond donors (Lipinski definition) is 2. The van der Waals surface area contributed by atoms with Crippen LogP contribution in [0.4, 0.5) is 0 Å². The Morgan fingerprint density at radius 2 is 1.90 bits per heavy atom. The van der Waals surface area contributed by atoms with E-state index in [1.165, 1.54) is 11.3 Å². The molecule has 2 N–H and O–H groups in total. The summed E-state index contributed by atoms with van der Waals surface area (Å²) >= 11 is 1.48. The van der Waals surface area contributed by atoms with Crippen molar-refractivity contribution in [2.45, 2.75) is 64.6 Å².